The molecule has 0 aliphatic carbocycles. The van der Waals surface area contributed by atoms with Crippen molar-refractivity contribution in [2.24, 2.45) is 12.8 Å². The second-order valence-corrected chi connectivity index (χ2v) is 3.31. The van der Waals surface area contributed by atoms with Crippen LogP contribution in [-0.2, 0) is 12.6 Å². The maximum Gasteiger partial charge on any atom is 0.413 e. The zero-order valence-corrected chi connectivity index (χ0v) is 8.05. The number of nitrogens with two attached hydrogens (primary N) is 1. The van der Waals surface area contributed by atoms with Crippen LogP contribution >= 0.6 is 0 Å². The van der Waals surface area contributed by atoms with Crippen molar-refractivity contribution in [1.82, 2.24) is 14.8 Å². The molecule has 14 heavy (non-hydrogen) atoms. The molecule has 7 heteroatoms. The van der Waals surface area contributed by atoms with E-state index in [0.717, 1.165) is 11.6 Å². The normalized spacial score (nSPS) is 16.8. The van der Waals surface area contributed by atoms with Crippen LogP contribution in [0.1, 0.15) is 18.6 Å². The molecular weight excluding hydrogens is 197 g/mol. The molecule has 1 rings (SSSR count). The van der Waals surface area contributed by atoms with E-state index in [2.05, 4.69) is 10.1 Å². The van der Waals surface area contributed by atoms with Crippen LogP contribution in [0.3, 0.4) is 0 Å². The highest BCUT2D eigenvalue weighted by Crippen LogP contribution is 2.34. The number of rotatable bonds is 1. The van der Waals surface area contributed by atoms with Crippen molar-refractivity contribution >= 4 is 0 Å². The van der Waals surface area contributed by atoms with Crippen LogP contribution in [0.15, 0.2) is 0 Å². The quantitative estimate of drug-likeness (QED) is 0.744. The molecule has 4 nitrogen and oxygen atoms in total. The predicted octanol–water partition coefficient (Wildman–Crippen LogP) is 0.860. The summed E-state index contributed by atoms with van der Waals surface area (Å²) >= 11 is 0. The van der Waals surface area contributed by atoms with Gasteiger partial charge in [-0.25, -0.2) is 4.98 Å². The average molecular weight is 208 g/mol. The van der Waals surface area contributed by atoms with Crippen LogP contribution < -0.4 is 5.73 Å². The molecule has 0 saturated heterocycles. The Morgan fingerprint density at radius 2 is 1.86 bits per heavy atom. The average Bonchev–Trinajstić information content (AvgIpc) is 2.27. The van der Waals surface area contributed by atoms with Crippen molar-refractivity contribution in [1.29, 1.82) is 0 Å². The lowest BCUT2D eigenvalue weighted by Gasteiger charge is -2.25. The molecule has 1 unspecified atom stereocenters. The fourth-order valence-corrected chi connectivity index (χ4v) is 1.09. The van der Waals surface area contributed by atoms with Crippen LogP contribution in [0.4, 0.5) is 13.2 Å². The molecular formula is C7H11F3N4. The molecule has 0 fully saturated rings. The Morgan fingerprint density at radius 3 is 2.14 bits per heavy atom. The fourth-order valence-electron chi connectivity index (χ4n) is 1.09. The Bertz CT molecular complexity index is 339. The second-order valence-electron chi connectivity index (χ2n) is 3.31. The first-order chi connectivity index (χ1) is 6.16. The standard InChI is InChI=1S/C7H11F3N4/c1-4-12-5(14(3)13-4)6(2,11)7(8,9)10/h11H2,1-3H3. The molecule has 0 bridgehead atoms. The topological polar surface area (TPSA) is 56.7 Å². The Labute approximate surface area is 78.9 Å². The summed E-state index contributed by atoms with van der Waals surface area (Å²) in [4.78, 5) is 3.66. The van der Waals surface area contributed by atoms with E-state index in [4.69, 9.17) is 5.73 Å². The van der Waals surface area contributed by atoms with E-state index in [0.29, 0.717) is 0 Å². The maximum absolute atomic E-state index is 12.5. The van der Waals surface area contributed by atoms with Gasteiger partial charge in [-0.2, -0.15) is 18.3 Å². The van der Waals surface area contributed by atoms with Crippen LogP contribution in [-0.4, -0.2) is 20.9 Å². The van der Waals surface area contributed by atoms with E-state index in [-0.39, 0.29) is 11.6 Å². The number of alkyl halides is 3. The molecule has 2 N–H and O–H groups in total. The third-order valence-electron chi connectivity index (χ3n) is 1.92. The third kappa shape index (κ3) is 1.59. The minimum Gasteiger partial charge on any atom is -0.311 e. The first-order valence-electron chi connectivity index (χ1n) is 3.90. The van der Waals surface area contributed by atoms with Gasteiger partial charge in [0, 0.05) is 7.05 Å². The highest BCUT2D eigenvalue weighted by Gasteiger charge is 2.52. The Kier molecular flexibility index (Phi) is 2.31. The van der Waals surface area contributed by atoms with Gasteiger partial charge >= 0.3 is 6.18 Å². The Balaban J connectivity index is 3.22. The monoisotopic (exact) mass is 208 g/mol. The fraction of sp³-hybridized carbons (Fsp3) is 0.714. The summed E-state index contributed by atoms with van der Waals surface area (Å²) in [6.07, 6.45) is -4.54. The summed E-state index contributed by atoms with van der Waals surface area (Å²) in [6, 6.07) is 0. The number of hydrogen-bond donors (Lipinski definition) is 1. The highest BCUT2D eigenvalue weighted by atomic mass is 19.4. The maximum atomic E-state index is 12.5. The van der Waals surface area contributed by atoms with Gasteiger partial charge in [0.05, 0.1) is 0 Å². The summed E-state index contributed by atoms with van der Waals surface area (Å²) < 4.78 is 38.6. The van der Waals surface area contributed by atoms with Gasteiger partial charge in [0.1, 0.15) is 5.82 Å². The largest absolute Gasteiger partial charge is 0.413 e. The summed E-state index contributed by atoms with van der Waals surface area (Å²) in [5, 5.41) is 3.72. The minimum absolute atomic E-state index is 0.267. The lowest BCUT2D eigenvalue weighted by atomic mass is 10.0. The third-order valence-corrected chi connectivity index (χ3v) is 1.92. The second kappa shape index (κ2) is 2.94. The van der Waals surface area contributed by atoms with Crippen LogP contribution in [0.2, 0.25) is 0 Å². The molecule has 0 aliphatic heterocycles. The first-order valence-corrected chi connectivity index (χ1v) is 3.90. The SMILES string of the molecule is Cc1nc(C(C)(N)C(F)(F)F)n(C)n1. The molecule has 1 heterocycles. The van der Waals surface area contributed by atoms with Gasteiger partial charge < -0.3 is 5.73 Å². The molecule has 0 aromatic carbocycles. The van der Waals surface area contributed by atoms with E-state index in [9.17, 15) is 13.2 Å². The summed E-state index contributed by atoms with van der Waals surface area (Å²) in [6.45, 7) is 2.38. The molecule has 1 aromatic rings. The van der Waals surface area contributed by atoms with Gasteiger partial charge in [-0.15, -0.1) is 0 Å². The van der Waals surface area contributed by atoms with E-state index < -0.39 is 11.7 Å². The van der Waals surface area contributed by atoms with Gasteiger partial charge in [0.15, 0.2) is 11.4 Å². The van der Waals surface area contributed by atoms with Gasteiger partial charge in [-0.1, -0.05) is 0 Å². The Hall–Kier alpha value is -1.11. The predicted molar refractivity (Wildman–Crippen MR) is 43.3 cm³/mol. The Morgan fingerprint density at radius 1 is 1.36 bits per heavy atom. The number of aryl methyl sites for hydroxylation is 2. The molecule has 1 aromatic heterocycles. The van der Waals surface area contributed by atoms with Gasteiger partial charge in [-0.3, -0.25) is 4.68 Å². The zero-order chi connectivity index (χ0) is 11.1. The zero-order valence-electron chi connectivity index (χ0n) is 8.05. The van der Waals surface area contributed by atoms with Crippen molar-refractivity contribution in [2.75, 3.05) is 0 Å². The lowest BCUT2D eigenvalue weighted by molar-refractivity contribution is -0.187. The van der Waals surface area contributed by atoms with Gasteiger partial charge in [0.2, 0.25) is 0 Å². The smallest absolute Gasteiger partial charge is 0.311 e. The van der Waals surface area contributed by atoms with Crippen LogP contribution in [0.25, 0.3) is 0 Å². The first kappa shape index (κ1) is 11.0. The van der Waals surface area contributed by atoms with Gasteiger partial charge in [-0.05, 0) is 13.8 Å². The van der Waals surface area contributed by atoms with E-state index in [1.807, 2.05) is 0 Å². The molecule has 0 amide bonds. The van der Waals surface area contributed by atoms with Crippen LogP contribution in [0, 0.1) is 6.92 Å². The molecule has 0 radical (unpaired) electrons. The minimum atomic E-state index is -4.54. The van der Waals surface area contributed by atoms with Crippen molar-refractivity contribution in [3.8, 4) is 0 Å². The molecule has 0 spiro atoms. The number of aromatic nitrogens is 3. The van der Waals surface area contributed by atoms with Crippen molar-refractivity contribution in [3.05, 3.63) is 11.6 Å². The van der Waals surface area contributed by atoms with E-state index in [1.165, 1.54) is 14.0 Å². The summed E-state index contributed by atoms with van der Waals surface area (Å²) in [5.74, 6) is -0.0223. The van der Waals surface area contributed by atoms with E-state index >= 15 is 0 Å². The van der Waals surface area contributed by atoms with Crippen LogP contribution in [0.5, 0.6) is 0 Å². The summed E-state index contributed by atoms with van der Waals surface area (Å²) in [7, 11) is 1.38. The molecule has 0 saturated carbocycles. The summed E-state index contributed by atoms with van der Waals surface area (Å²) in [5.41, 5.74) is 2.71. The number of nitrogens with zero attached hydrogens (tertiary/aromatic N) is 3. The van der Waals surface area contributed by atoms with Crippen molar-refractivity contribution < 1.29 is 13.2 Å². The number of halogens is 3. The number of hydrogen-bond acceptors (Lipinski definition) is 3. The molecule has 1 atom stereocenters. The lowest BCUT2D eigenvalue weighted by Crippen LogP contribution is -2.49. The highest BCUT2D eigenvalue weighted by molar-refractivity contribution is 5.08. The van der Waals surface area contributed by atoms with Gasteiger partial charge in [0.25, 0.3) is 0 Å². The molecule has 80 valence electrons. The molecule has 0 aliphatic rings. The van der Waals surface area contributed by atoms with Crippen molar-refractivity contribution in [2.45, 2.75) is 25.6 Å². The van der Waals surface area contributed by atoms with Crippen molar-refractivity contribution in [3.63, 3.8) is 0 Å². The van der Waals surface area contributed by atoms with E-state index in [1.54, 1.807) is 0 Å².